The summed E-state index contributed by atoms with van der Waals surface area (Å²) in [6.45, 7) is 3.84. The number of rotatable bonds is 26. The van der Waals surface area contributed by atoms with E-state index in [1.54, 1.807) is 26.5 Å². The highest BCUT2D eigenvalue weighted by Crippen LogP contribution is 2.40. The fourth-order valence-electron chi connectivity index (χ4n) is 7.48. The van der Waals surface area contributed by atoms with Crippen molar-refractivity contribution in [1.82, 2.24) is 35.5 Å². The summed E-state index contributed by atoms with van der Waals surface area (Å²) >= 11 is 1.49. The molecule has 5 aromatic rings. The van der Waals surface area contributed by atoms with Crippen molar-refractivity contribution in [3.63, 3.8) is 0 Å². The maximum absolute atomic E-state index is 13.1. The van der Waals surface area contributed by atoms with Gasteiger partial charge in [-0.3, -0.25) is 24.5 Å². The molecule has 21 nitrogen and oxygen atoms in total. The second kappa shape index (κ2) is 23.5. The number of unbranched alkanes of at least 4 members (excludes halogenated alkanes) is 1. The summed E-state index contributed by atoms with van der Waals surface area (Å²) < 4.78 is 34.1. The summed E-state index contributed by atoms with van der Waals surface area (Å²) in [6, 6.07) is 10.4. The van der Waals surface area contributed by atoms with Gasteiger partial charge in [-0.05, 0) is 72.2 Å². The van der Waals surface area contributed by atoms with E-state index in [-0.39, 0.29) is 36.6 Å². The fourth-order valence-corrected chi connectivity index (χ4v) is 8.24. The molecule has 4 amide bonds. The van der Waals surface area contributed by atoms with E-state index in [9.17, 15) is 19.2 Å². The first-order chi connectivity index (χ1) is 32.6. The number of fused-ring (bicyclic) bond motifs is 2. The zero-order valence-electron chi connectivity index (χ0n) is 37.4. The molecule has 3 aromatic heterocycles. The van der Waals surface area contributed by atoms with Gasteiger partial charge in [0, 0.05) is 61.9 Å². The third kappa shape index (κ3) is 12.9. The van der Waals surface area contributed by atoms with Gasteiger partial charge in [0.2, 0.25) is 35.4 Å². The van der Waals surface area contributed by atoms with E-state index < -0.39 is 11.9 Å². The summed E-state index contributed by atoms with van der Waals surface area (Å²) in [5, 5.41) is 14.6. The SMILES string of the molecule is COc1cc(Cc2cnc(N)nc2N)cc(OC)c1OCCCCC(=O)NCCOCCOCCOCCNc1nc(Nc2ccc3c(c2)CN(C2CCC(=O)NC2=O)C3=O)c2ccsc2n1. The molecule has 1 atom stereocenters. The van der Waals surface area contributed by atoms with Gasteiger partial charge in [0.1, 0.15) is 22.5 Å². The number of imide groups is 1. The summed E-state index contributed by atoms with van der Waals surface area (Å²) in [5.41, 5.74) is 15.3. The molecule has 2 aromatic carbocycles. The van der Waals surface area contributed by atoms with Crippen LogP contribution in [-0.4, -0.2) is 128 Å². The topological polar surface area (TPSA) is 279 Å². The number of nitrogens with zero attached hydrogens (tertiary/aromatic N) is 5. The quantitative estimate of drug-likeness (QED) is 0.0341. The lowest BCUT2D eigenvalue weighted by Gasteiger charge is -2.29. The van der Waals surface area contributed by atoms with Crippen molar-refractivity contribution >= 4 is 74.4 Å². The van der Waals surface area contributed by atoms with Gasteiger partial charge in [0.25, 0.3) is 5.91 Å². The summed E-state index contributed by atoms with van der Waals surface area (Å²) in [4.78, 5) is 69.3. The zero-order valence-corrected chi connectivity index (χ0v) is 38.2. The van der Waals surface area contributed by atoms with E-state index in [0.29, 0.717) is 132 Å². The minimum absolute atomic E-state index is 0.0647. The van der Waals surface area contributed by atoms with Crippen LogP contribution >= 0.6 is 11.3 Å². The number of nitrogens with two attached hydrogens (primary N) is 2. The van der Waals surface area contributed by atoms with Gasteiger partial charge < -0.3 is 60.7 Å². The molecule has 67 heavy (non-hydrogen) atoms. The van der Waals surface area contributed by atoms with Crippen LogP contribution in [0, 0.1) is 0 Å². The number of piperidine rings is 1. The van der Waals surface area contributed by atoms with Gasteiger partial charge in [0.05, 0.1) is 65.9 Å². The number of ether oxygens (including phenoxy) is 6. The maximum atomic E-state index is 13.1. The van der Waals surface area contributed by atoms with Gasteiger partial charge in [-0.1, -0.05) is 0 Å². The molecule has 0 saturated carbocycles. The van der Waals surface area contributed by atoms with E-state index in [4.69, 9.17) is 44.9 Å². The Kier molecular flexibility index (Phi) is 16.9. The largest absolute Gasteiger partial charge is 0.493 e. The number of hydrogen-bond acceptors (Lipinski definition) is 19. The Morgan fingerprint density at radius 1 is 0.896 bits per heavy atom. The highest BCUT2D eigenvalue weighted by molar-refractivity contribution is 7.16. The third-order valence-electron chi connectivity index (χ3n) is 10.8. The van der Waals surface area contributed by atoms with Gasteiger partial charge in [-0.2, -0.15) is 9.97 Å². The van der Waals surface area contributed by atoms with Gasteiger partial charge in [0.15, 0.2) is 11.5 Å². The second-order valence-electron chi connectivity index (χ2n) is 15.5. The van der Waals surface area contributed by atoms with Crippen LogP contribution in [-0.2, 0) is 41.6 Å². The number of nitrogen functional groups attached to an aromatic ring is 2. The number of anilines is 5. The predicted molar refractivity (Wildman–Crippen MR) is 250 cm³/mol. The lowest BCUT2D eigenvalue weighted by atomic mass is 10.0. The highest BCUT2D eigenvalue weighted by atomic mass is 32.1. The molecular formula is C45H55N11O10S. The van der Waals surface area contributed by atoms with Crippen molar-refractivity contribution in [3.8, 4) is 17.2 Å². The van der Waals surface area contributed by atoms with E-state index in [2.05, 4.69) is 36.2 Å². The number of aromatic nitrogens is 4. The summed E-state index contributed by atoms with van der Waals surface area (Å²) in [7, 11) is 3.11. The molecule has 1 unspecified atom stereocenters. The number of methoxy groups -OCH3 is 2. The average Bonchev–Trinajstić information content (AvgIpc) is 3.92. The normalized spacial score (nSPS) is 14.5. The molecular weight excluding hydrogens is 887 g/mol. The van der Waals surface area contributed by atoms with E-state index in [0.717, 1.165) is 32.6 Å². The molecule has 2 aliphatic rings. The molecule has 5 heterocycles. The predicted octanol–water partition coefficient (Wildman–Crippen LogP) is 3.59. The average molecular weight is 942 g/mol. The fraction of sp³-hybridized carbons (Fsp3) is 0.422. The van der Waals surface area contributed by atoms with Crippen molar-refractivity contribution in [2.75, 3.05) is 95.7 Å². The first kappa shape index (κ1) is 48.1. The van der Waals surface area contributed by atoms with Crippen LogP contribution < -0.4 is 46.9 Å². The number of carbonyl (C=O) groups excluding carboxylic acids is 4. The first-order valence-corrected chi connectivity index (χ1v) is 22.8. The van der Waals surface area contributed by atoms with Crippen molar-refractivity contribution in [1.29, 1.82) is 0 Å². The Labute approximate surface area is 390 Å². The molecule has 0 spiro atoms. The van der Waals surface area contributed by atoms with Crippen LogP contribution in [0.25, 0.3) is 10.2 Å². The van der Waals surface area contributed by atoms with Crippen molar-refractivity contribution in [3.05, 3.63) is 70.2 Å². The van der Waals surface area contributed by atoms with Gasteiger partial charge >= 0.3 is 0 Å². The van der Waals surface area contributed by atoms with Gasteiger partial charge in [-0.25, -0.2) is 9.97 Å². The Hall–Kier alpha value is -6.88. The van der Waals surface area contributed by atoms with E-state index in [1.807, 2.05) is 35.7 Å². The van der Waals surface area contributed by atoms with Crippen LogP contribution in [0.4, 0.5) is 29.2 Å². The number of amides is 4. The van der Waals surface area contributed by atoms with Crippen LogP contribution in [0.3, 0.4) is 0 Å². The number of thiophene rings is 1. The number of benzene rings is 2. The summed E-state index contributed by atoms with van der Waals surface area (Å²) in [5.74, 6) is 1.90. The smallest absolute Gasteiger partial charge is 0.255 e. The molecule has 0 aliphatic carbocycles. The highest BCUT2D eigenvalue weighted by Gasteiger charge is 2.39. The lowest BCUT2D eigenvalue weighted by Crippen LogP contribution is -2.52. The van der Waals surface area contributed by atoms with Crippen LogP contribution in [0.2, 0.25) is 0 Å². The molecule has 1 fully saturated rings. The second-order valence-corrected chi connectivity index (χ2v) is 16.4. The maximum Gasteiger partial charge on any atom is 0.255 e. The Morgan fingerprint density at radius 2 is 1.64 bits per heavy atom. The van der Waals surface area contributed by atoms with E-state index in [1.165, 1.54) is 16.2 Å². The first-order valence-electron chi connectivity index (χ1n) is 21.9. The van der Waals surface area contributed by atoms with Crippen LogP contribution in [0.5, 0.6) is 17.2 Å². The molecule has 356 valence electrons. The minimum Gasteiger partial charge on any atom is -0.493 e. The standard InChI is InChI=1S/C45H55N11O10S/c1-61-34-22-27(21-28-25-50-44(47)53-39(28)46)23-35(62-2)38(34)66-13-4-3-5-36(57)48-11-14-63-16-18-65-19-17-64-15-12-49-45-54-40(32-10-20-67-42(32)55-45)51-30-6-7-31-29(24-30)26-56(43(31)60)33-8-9-37(58)52-41(33)59/h6-7,10,20,22-25,33H,3-5,8-9,11-19,21,26H2,1-2H3,(H,48,57)(H,52,58,59)(H4,46,47,50,53)(H2,49,51,54,55). The molecule has 0 bridgehead atoms. The van der Waals surface area contributed by atoms with Crippen molar-refractivity contribution in [2.24, 2.45) is 0 Å². The monoisotopic (exact) mass is 941 g/mol. The number of carbonyl (C=O) groups is 4. The number of hydrogen-bond donors (Lipinski definition) is 6. The number of nitrogens with one attached hydrogen (secondary N) is 4. The third-order valence-corrected chi connectivity index (χ3v) is 11.6. The van der Waals surface area contributed by atoms with Crippen LogP contribution in [0.1, 0.15) is 59.2 Å². The molecule has 1 saturated heterocycles. The molecule has 0 radical (unpaired) electrons. The zero-order chi connectivity index (χ0) is 47.1. The minimum atomic E-state index is -0.676. The Morgan fingerprint density at radius 3 is 2.37 bits per heavy atom. The van der Waals surface area contributed by atoms with Crippen LogP contribution in [0.15, 0.2) is 48.0 Å². The Bertz CT molecular complexity index is 2520. The summed E-state index contributed by atoms with van der Waals surface area (Å²) in [6.07, 6.45) is 4.18. The van der Waals surface area contributed by atoms with Crippen molar-refractivity contribution in [2.45, 2.75) is 51.1 Å². The molecule has 8 N–H and O–H groups in total. The van der Waals surface area contributed by atoms with Gasteiger partial charge in [-0.15, -0.1) is 11.3 Å². The molecule has 2 aliphatic heterocycles. The Balaban J connectivity index is 0.715. The lowest BCUT2D eigenvalue weighted by molar-refractivity contribution is -0.137. The molecule has 22 heteroatoms. The van der Waals surface area contributed by atoms with Crippen molar-refractivity contribution < 1.29 is 47.6 Å². The van der Waals surface area contributed by atoms with E-state index >= 15 is 0 Å². The molecule has 7 rings (SSSR count).